The molecule has 0 unspecified atom stereocenters. The van der Waals surface area contributed by atoms with Crippen molar-refractivity contribution in [2.24, 2.45) is 4.99 Å². The number of aryl methyl sites for hydroxylation is 1. The largest absolute Gasteiger partial charge is 0.356 e. The van der Waals surface area contributed by atoms with E-state index >= 15 is 0 Å². The standard InChI is InChI=1S/C12H19N5S/c1-13-11(15-9-2-3-9)14-5-4-10-8-17-6-7-18-12(17)16-10/h8-9H,2-7H2,1H3,(H2,13,14,15). The first kappa shape index (κ1) is 11.9. The van der Waals surface area contributed by atoms with Crippen molar-refractivity contribution in [2.45, 2.75) is 37.0 Å². The zero-order valence-corrected chi connectivity index (χ0v) is 11.5. The smallest absolute Gasteiger partial charge is 0.191 e. The van der Waals surface area contributed by atoms with Gasteiger partial charge in [-0.3, -0.25) is 4.99 Å². The van der Waals surface area contributed by atoms with Gasteiger partial charge in [-0.25, -0.2) is 4.98 Å². The lowest BCUT2D eigenvalue weighted by Gasteiger charge is -2.10. The van der Waals surface area contributed by atoms with Crippen molar-refractivity contribution in [2.75, 3.05) is 19.3 Å². The predicted molar refractivity (Wildman–Crippen MR) is 74.2 cm³/mol. The number of thioether (sulfide) groups is 1. The highest BCUT2D eigenvalue weighted by molar-refractivity contribution is 7.99. The molecule has 5 nitrogen and oxygen atoms in total. The van der Waals surface area contributed by atoms with Gasteiger partial charge in [0, 0.05) is 44.5 Å². The molecule has 1 aromatic heterocycles. The summed E-state index contributed by atoms with van der Waals surface area (Å²) in [4.78, 5) is 8.83. The van der Waals surface area contributed by atoms with Gasteiger partial charge in [0.1, 0.15) is 0 Å². The number of nitrogens with one attached hydrogen (secondary N) is 2. The minimum Gasteiger partial charge on any atom is -0.356 e. The fourth-order valence-electron chi connectivity index (χ4n) is 2.01. The zero-order chi connectivity index (χ0) is 12.4. The van der Waals surface area contributed by atoms with Crippen LogP contribution < -0.4 is 10.6 Å². The highest BCUT2D eigenvalue weighted by Crippen LogP contribution is 2.24. The SMILES string of the molecule is CN=C(NCCc1cn2c(n1)SCC2)NC1CC1. The average Bonchev–Trinajstić information content (AvgIpc) is 2.93. The Balaban J connectivity index is 1.45. The third-order valence-corrected chi connectivity index (χ3v) is 4.14. The number of nitrogens with zero attached hydrogens (tertiary/aromatic N) is 3. The van der Waals surface area contributed by atoms with Gasteiger partial charge in [-0.05, 0) is 12.8 Å². The molecule has 0 bridgehead atoms. The molecule has 2 heterocycles. The molecule has 98 valence electrons. The molecule has 2 N–H and O–H groups in total. The highest BCUT2D eigenvalue weighted by Gasteiger charge is 2.22. The Morgan fingerprint density at radius 3 is 3.22 bits per heavy atom. The molecular formula is C12H19N5S. The minimum absolute atomic E-state index is 0.643. The van der Waals surface area contributed by atoms with Crippen molar-refractivity contribution in [3.05, 3.63) is 11.9 Å². The topological polar surface area (TPSA) is 54.2 Å². The maximum atomic E-state index is 4.61. The fourth-order valence-corrected chi connectivity index (χ4v) is 2.97. The van der Waals surface area contributed by atoms with E-state index in [2.05, 4.69) is 31.4 Å². The van der Waals surface area contributed by atoms with Crippen LogP contribution in [-0.2, 0) is 13.0 Å². The Bertz CT molecular complexity index is 428. The van der Waals surface area contributed by atoms with Crippen molar-refractivity contribution in [1.82, 2.24) is 20.2 Å². The second kappa shape index (κ2) is 5.22. The van der Waals surface area contributed by atoms with Crippen LogP contribution in [0.5, 0.6) is 0 Å². The molecule has 1 fully saturated rings. The normalized spacial score (nSPS) is 18.8. The number of fused-ring (bicyclic) bond motifs is 1. The number of rotatable bonds is 4. The quantitative estimate of drug-likeness (QED) is 0.626. The molecule has 0 atom stereocenters. The van der Waals surface area contributed by atoms with Gasteiger partial charge in [0.15, 0.2) is 11.1 Å². The Morgan fingerprint density at radius 1 is 1.61 bits per heavy atom. The molecule has 0 amide bonds. The number of imidazole rings is 1. The van der Waals surface area contributed by atoms with E-state index in [1.165, 1.54) is 29.4 Å². The van der Waals surface area contributed by atoms with Gasteiger partial charge in [0.25, 0.3) is 0 Å². The molecule has 1 aliphatic heterocycles. The second-order valence-corrected chi connectivity index (χ2v) is 5.79. The summed E-state index contributed by atoms with van der Waals surface area (Å²) in [7, 11) is 1.82. The second-order valence-electron chi connectivity index (χ2n) is 4.72. The molecule has 1 saturated carbocycles. The third-order valence-electron chi connectivity index (χ3n) is 3.17. The molecule has 1 aliphatic carbocycles. The van der Waals surface area contributed by atoms with Crippen molar-refractivity contribution in [3.8, 4) is 0 Å². The van der Waals surface area contributed by atoms with E-state index in [1.807, 2.05) is 18.8 Å². The minimum atomic E-state index is 0.643. The summed E-state index contributed by atoms with van der Waals surface area (Å²) in [6.07, 6.45) is 5.66. The van der Waals surface area contributed by atoms with Gasteiger partial charge in [0.2, 0.25) is 0 Å². The van der Waals surface area contributed by atoms with Crippen LogP contribution >= 0.6 is 11.8 Å². The number of aromatic nitrogens is 2. The highest BCUT2D eigenvalue weighted by atomic mass is 32.2. The van der Waals surface area contributed by atoms with Gasteiger partial charge >= 0.3 is 0 Å². The first-order valence-electron chi connectivity index (χ1n) is 6.51. The predicted octanol–water partition coefficient (Wildman–Crippen LogP) is 0.859. The van der Waals surface area contributed by atoms with E-state index in [9.17, 15) is 0 Å². The maximum absolute atomic E-state index is 4.61. The fraction of sp³-hybridized carbons (Fsp3) is 0.667. The Labute approximate surface area is 111 Å². The van der Waals surface area contributed by atoms with Crippen LogP contribution in [0.1, 0.15) is 18.5 Å². The molecule has 0 radical (unpaired) electrons. The van der Waals surface area contributed by atoms with Crippen LogP contribution in [0.15, 0.2) is 16.3 Å². The molecule has 18 heavy (non-hydrogen) atoms. The summed E-state index contributed by atoms with van der Waals surface area (Å²) in [6, 6.07) is 0.643. The molecule has 0 spiro atoms. The number of hydrogen-bond donors (Lipinski definition) is 2. The van der Waals surface area contributed by atoms with Crippen molar-refractivity contribution in [3.63, 3.8) is 0 Å². The van der Waals surface area contributed by atoms with Gasteiger partial charge in [-0.15, -0.1) is 0 Å². The summed E-state index contributed by atoms with van der Waals surface area (Å²) in [5.74, 6) is 2.08. The lowest BCUT2D eigenvalue weighted by atomic mass is 10.3. The van der Waals surface area contributed by atoms with E-state index in [-0.39, 0.29) is 0 Å². The number of aliphatic imine (C=N–C) groups is 1. The van der Waals surface area contributed by atoms with Crippen LogP contribution in [-0.4, -0.2) is 40.9 Å². The molecule has 2 aliphatic rings. The molecular weight excluding hydrogens is 246 g/mol. The molecule has 3 rings (SSSR count). The summed E-state index contributed by atoms with van der Waals surface area (Å²) in [5.41, 5.74) is 1.17. The molecule has 6 heteroatoms. The van der Waals surface area contributed by atoms with Gasteiger partial charge < -0.3 is 15.2 Å². The van der Waals surface area contributed by atoms with Crippen LogP contribution in [0.3, 0.4) is 0 Å². The van der Waals surface area contributed by atoms with Crippen LogP contribution in [0.2, 0.25) is 0 Å². The van der Waals surface area contributed by atoms with Crippen molar-refractivity contribution < 1.29 is 0 Å². The Morgan fingerprint density at radius 2 is 2.50 bits per heavy atom. The van der Waals surface area contributed by atoms with Gasteiger partial charge in [-0.2, -0.15) is 0 Å². The summed E-state index contributed by atoms with van der Waals surface area (Å²) in [5, 5.41) is 7.88. The van der Waals surface area contributed by atoms with E-state index in [4.69, 9.17) is 0 Å². The summed E-state index contributed by atoms with van der Waals surface area (Å²) >= 11 is 1.85. The van der Waals surface area contributed by atoms with Crippen molar-refractivity contribution >= 4 is 17.7 Å². The Hall–Kier alpha value is -1.17. The Kier molecular flexibility index (Phi) is 3.45. The lowest BCUT2D eigenvalue weighted by Crippen LogP contribution is -2.39. The number of hydrogen-bond acceptors (Lipinski definition) is 3. The first-order chi connectivity index (χ1) is 8.85. The molecule has 0 saturated heterocycles. The molecule has 1 aromatic rings. The number of guanidine groups is 1. The summed E-state index contributed by atoms with van der Waals surface area (Å²) < 4.78 is 2.25. The van der Waals surface area contributed by atoms with Crippen LogP contribution in [0.25, 0.3) is 0 Å². The van der Waals surface area contributed by atoms with E-state index in [0.717, 1.165) is 25.5 Å². The van der Waals surface area contributed by atoms with Gasteiger partial charge in [-0.1, -0.05) is 11.8 Å². The lowest BCUT2D eigenvalue weighted by molar-refractivity contribution is 0.719. The van der Waals surface area contributed by atoms with Gasteiger partial charge in [0.05, 0.1) is 5.69 Å². The van der Waals surface area contributed by atoms with Crippen LogP contribution in [0, 0.1) is 0 Å². The maximum Gasteiger partial charge on any atom is 0.191 e. The molecule has 0 aromatic carbocycles. The van der Waals surface area contributed by atoms with E-state index < -0.39 is 0 Å². The summed E-state index contributed by atoms with van der Waals surface area (Å²) in [6.45, 7) is 1.98. The van der Waals surface area contributed by atoms with Crippen LogP contribution in [0.4, 0.5) is 0 Å². The van der Waals surface area contributed by atoms with E-state index in [0.29, 0.717) is 6.04 Å². The monoisotopic (exact) mass is 265 g/mol. The first-order valence-corrected chi connectivity index (χ1v) is 7.50. The van der Waals surface area contributed by atoms with Crippen molar-refractivity contribution in [1.29, 1.82) is 0 Å². The zero-order valence-electron chi connectivity index (χ0n) is 10.6. The third kappa shape index (κ3) is 2.80. The van der Waals surface area contributed by atoms with E-state index in [1.54, 1.807) is 0 Å². The average molecular weight is 265 g/mol.